The Bertz CT molecular complexity index is 907. The molecule has 2 aromatic carbocycles. The molecule has 3 aromatic rings. The molecule has 0 amide bonds. The number of hydrogen-bond donors (Lipinski definition) is 2. The first-order valence-electron chi connectivity index (χ1n) is 9.55. The van der Waals surface area contributed by atoms with Gasteiger partial charge in [-0.2, -0.15) is 5.10 Å². The zero-order valence-electron chi connectivity index (χ0n) is 17.2. The maximum absolute atomic E-state index is 4.34. The van der Waals surface area contributed by atoms with Crippen molar-refractivity contribution in [1.82, 2.24) is 25.4 Å². The lowest BCUT2D eigenvalue weighted by Gasteiger charge is -2.17. The molecule has 6 nitrogen and oxygen atoms in total. The predicted molar refractivity (Wildman–Crippen MR) is 129 cm³/mol. The lowest BCUT2D eigenvalue weighted by Crippen LogP contribution is -2.38. The van der Waals surface area contributed by atoms with E-state index in [4.69, 9.17) is 0 Å². The Morgan fingerprint density at radius 2 is 1.90 bits per heavy atom. The summed E-state index contributed by atoms with van der Waals surface area (Å²) >= 11 is 0. The van der Waals surface area contributed by atoms with Crippen molar-refractivity contribution in [3.8, 4) is 0 Å². The summed E-state index contributed by atoms with van der Waals surface area (Å²) in [6.07, 6.45) is 3.28. The molecule has 154 valence electrons. The second-order valence-corrected chi connectivity index (χ2v) is 7.03. The number of nitrogens with one attached hydrogen (secondary N) is 2. The van der Waals surface area contributed by atoms with Crippen LogP contribution in [0.15, 0.2) is 66.2 Å². The third kappa shape index (κ3) is 7.16. The van der Waals surface area contributed by atoms with Crippen LogP contribution in [0.5, 0.6) is 0 Å². The molecule has 1 atom stereocenters. The topological polar surface area (TPSA) is 67.1 Å². The van der Waals surface area contributed by atoms with Crippen LogP contribution in [0.2, 0.25) is 0 Å². The van der Waals surface area contributed by atoms with E-state index >= 15 is 0 Å². The molecular formula is C22H29IN6. The maximum Gasteiger partial charge on any atom is 0.191 e. The monoisotopic (exact) mass is 504 g/mol. The second-order valence-electron chi connectivity index (χ2n) is 7.03. The van der Waals surface area contributed by atoms with Crippen LogP contribution in [0.3, 0.4) is 0 Å². The van der Waals surface area contributed by atoms with Crippen molar-refractivity contribution in [3.05, 3.63) is 83.4 Å². The molecule has 2 N–H and O–H groups in total. The Labute approximate surface area is 189 Å². The van der Waals surface area contributed by atoms with Gasteiger partial charge in [0.25, 0.3) is 0 Å². The first-order chi connectivity index (χ1) is 13.6. The third-order valence-electron chi connectivity index (χ3n) is 4.67. The molecule has 3 rings (SSSR count). The Morgan fingerprint density at radius 3 is 2.62 bits per heavy atom. The molecule has 0 saturated carbocycles. The van der Waals surface area contributed by atoms with Crippen LogP contribution in [0.1, 0.15) is 35.1 Å². The second kappa shape index (κ2) is 11.5. The Hall–Kier alpha value is -2.42. The normalized spacial score (nSPS) is 12.2. The first kappa shape index (κ1) is 22.9. The minimum atomic E-state index is 0. The molecule has 0 fully saturated rings. The Balaban J connectivity index is 0.00000300. The molecule has 1 aromatic heterocycles. The summed E-state index contributed by atoms with van der Waals surface area (Å²) in [5.41, 5.74) is 5.02. The zero-order valence-corrected chi connectivity index (χ0v) is 19.5. The summed E-state index contributed by atoms with van der Waals surface area (Å²) in [5.74, 6) is 1.21. The summed E-state index contributed by atoms with van der Waals surface area (Å²) in [4.78, 5) is 8.33. The number of hydrogen-bond acceptors (Lipinski definition) is 3. The van der Waals surface area contributed by atoms with Gasteiger partial charge in [-0.1, -0.05) is 61.0 Å². The standard InChI is InChI=1S/C22H28N6.HI/c1-17-6-4-9-21(10-17)18(2)12-25-22(23-3)26-13-19-7-5-8-20(11-19)14-28-16-24-15-27-28;/h4-11,15-16,18H,12-14H2,1-3H3,(H2,23,25,26);1H. The van der Waals surface area contributed by atoms with Crippen molar-refractivity contribution < 1.29 is 0 Å². The largest absolute Gasteiger partial charge is 0.356 e. The van der Waals surface area contributed by atoms with Crippen molar-refractivity contribution in [2.75, 3.05) is 13.6 Å². The predicted octanol–water partition coefficient (Wildman–Crippen LogP) is 3.72. The van der Waals surface area contributed by atoms with Crippen LogP contribution in [-0.4, -0.2) is 34.3 Å². The van der Waals surface area contributed by atoms with Crippen LogP contribution >= 0.6 is 24.0 Å². The molecule has 0 aliphatic heterocycles. The van der Waals surface area contributed by atoms with Crippen LogP contribution in [0, 0.1) is 6.92 Å². The summed E-state index contributed by atoms with van der Waals surface area (Å²) in [5, 5.41) is 11.0. The van der Waals surface area contributed by atoms with Crippen LogP contribution in [0.4, 0.5) is 0 Å². The van der Waals surface area contributed by atoms with Gasteiger partial charge in [0, 0.05) is 20.1 Å². The van der Waals surface area contributed by atoms with Crippen LogP contribution in [-0.2, 0) is 13.1 Å². The Kier molecular flexibility index (Phi) is 9.11. The summed E-state index contributed by atoms with van der Waals surface area (Å²) in [7, 11) is 1.80. The van der Waals surface area contributed by atoms with Gasteiger partial charge < -0.3 is 10.6 Å². The van der Waals surface area contributed by atoms with Crippen molar-refractivity contribution in [3.63, 3.8) is 0 Å². The van der Waals surface area contributed by atoms with E-state index in [1.165, 1.54) is 22.3 Å². The molecule has 29 heavy (non-hydrogen) atoms. The highest BCUT2D eigenvalue weighted by Gasteiger charge is 2.07. The highest BCUT2D eigenvalue weighted by atomic mass is 127. The molecule has 1 heterocycles. The SMILES string of the molecule is CN=C(NCc1cccc(Cn2cncn2)c1)NCC(C)c1cccc(C)c1.I. The number of benzene rings is 2. The van der Waals surface area contributed by atoms with E-state index < -0.39 is 0 Å². The van der Waals surface area contributed by atoms with E-state index in [0.717, 1.165) is 19.0 Å². The average Bonchev–Trinajstić information content (AvgIpc) is 3.21. The Morgan fingerprint density at radius 1 is 1.10 bits per heavy atom. The number of aromatic nitrogens is 3. The highest BCUT2D eigenvalue weighted by Crippen LogP contribution is 2.15. The van der Waals surface area contributed by atoms with Crippen molar-refractivity contribution >= 4 is 29.9 Å². The smallest absolute Gasteiger partial charge is 0.191 e. The molecule has 0 spiro atoms. The third-order valence-corrected chi connectivity index (χ3v) is 4.67. The number of aliphatic imine (C=N–C) groups is 1. The van der Waals surface area contributed by atoms with Crippen molar-refractivity contribution in [1.29, 1.82) is 0 Å². The number of nitrogens with zero attached hydrogens (tertiary/aromatic N) is 4. The fourth-order valence-electron chi connectivity index (χ4n) is 3.09. The van der Waals surface area contributed by atoms with Gasteiger partial charge >= 0.3 is 0 Å². The maximum atomic E-state index is 4.34. The van der Waals surface area contributed by atoms with Gasteiger partial charge in [0.1, 0.15) is 12.7 Å². The molecule has 7 heteroatoms. The van der Waals surface area contributed by atoms with E-state index in [0.29, 0.717) is 12.5 Å². The minimum absolute atomic E-state index is 0. The van der Waals surface area contributed by atoms with Gasteiger partial charge in [-0.25, -0.2) is 9.67 Å². The van der Waals surface area contributed by atoms with E-state index in [-0.39, 0.29) is 24.0 Å². The lowest BCUT2D eigenvalue weighted by molar-refractivity contribution is 0.682. The lowest BCUT2D eigenvalue weighted by atomic mass is 9.99. The number of halogens is 1. The van der Waals surface area contributed by atoms with Crippen LogP contribution in [0.25, 0.3) is 0 Å². The van der Waals surface area contributed by atoms with Gasteiger partial charge in [0.15, 0.2) is 5.96 Å². The van der Waals surface area contributed by atoms with Gasteiger partial charge in [-0.05, 0) is 29.5 Å². The van der Waals surface area contributed by atoms with Gasteiger partial charge in [0.2, 0.25) is 0 Å². The van der Waals surface area contributed by atoms with Gasteiger partial charge in [-0.3, -0.25) is 4.99 Å². The molecular weight excluding hydrogens is 475 g/mol. The quantitative estimate of drug-likeness (QED) is 0.293. The van der Waals surface area contributed by atoms with Crippen molar-refractivity contribution in [2.24, 2.45) is 4.99 Å². The van der Waals surface area contributed by atoms with E-state index in [1.54, 1.807) is 19.7 Å². The number of guanidine groups is 1. The van der Waals surface area contributed by atoms with Crippen LogP contribution < -0.4 is 10.6 Å². The summed E-state index contributed by atoms with van der Waals surface area (Å²) in [6.45, 7) is 6.61. The summed E-state index contributed by atoms with van der Waals surface area (Å²) < 4.78 is 1.82. The molecule has 1 unspecified atom stereocenters. The van der Waals surface area contributed by atoms with E-state index in [9.17, 15) is 0 Å². The average molecular weight is 504 g/mol. The fraction of sp³-hybridized carbons (Fsp3) is 0.318. The number of rotatable bonds is 7. The van der Waals surface area contributed by atoms with E-state index in [2.05, 4.69) is 88.1 Å². The molecule has 0 saturated heterocycles. The molecule has 0 radical (unpaired) electrons. The molecule has 0 aliphatic rings. The molecule has 0 bridgehead atoms. The van der Waals surface area contributed by atoms with Gasteiger partial charge in [0.05, 0.1) is 6.54 Å². The molecule has 0 aliphatic carbocycles. The zero-order chi connectivity index (χ0) is 19.8. The van der Waals surface area contributed by atoms with Gasteiger partial charge in [-0.15, -0.1) is 24.0 Å². The number of aryl methyl sites for hydroxylation is 1. The van der Waals surface area contributed by atoms with Crippen molar-refractivity contribution in [2.45, 2.75) is 32.9 Å². The fourth-order valence-corrected chi connectivity index (χ4v) is 3.09. The first-order valence-corrected chi connectivity index (χ1v) is 9.55. The van der Waals surface area contributed by atoms with E-state index in [1.807, 2.05) is 4.68 Å². The highest BCUT2D eigenvalue weighted by molar-refractivity contribution is 14.0. The minimum Gasteiger partial charge on any atom is -0.356 e. The summed E-state index contributed by atoms with van der Waals surface area (Å²) in [6, 6.07) is 17.1.